The van der Waals surface area contributed by atoms with Crippen LogP contribution in [0.15, 0.2) is 18.2 Å². The Labute approximate surface area is 122 Å². The Hall–Kier alpha value is -2.44. The summed E-state index contributed by atoms with van der Waals surface area (Å²) in [5, 5.41) is 11.0. The van der Waals surface area contributed by atoms with Crippen molar-refractivity contribution in [2.24, 2.45) is 0 Å². The van der Waals surface area contributed by atoms with E-state index < -0.39 is 22.5 Å². The van der Waals surface area contributed by atoms with Crippen LogP contribution in [0.3, 0.4) is 0 Å². The molecule has 1 aromatic carbocycles. The number of hydrogen-bond acceptors (Lipinski definition) is 6. The van der Waals surface area contributed by atoms with Crippen LogP contribution >= 0.6 is 0 Å². The number of rotatable bonds is 4. The van der Waals surface area contributed by atoms with Crippen LogP contribution in [0.4, 0.5) is 5.69 Å². The average Bonchev–Trinajstić information content (AvgIpc) is 2.34. The Bertz CT molecular complexity index is 573. The van der Waals surface area contributed by atoms with Gasteiger partial charge in [0.1, 0.15) is 5.60 Å². The molecular formula is C14H17NO6. The van der Waals surface area contributed by atoms with E-state index >= 15 is 0 Å². The first-order chi connectivity index (χ1) is 9.64. The number of carbonyl (C=O) groups is 2. The zero-order valence-electron chi connectivity index (χ0n) is 12.3. The molecule has 1 aromatic rings. The zero-order chi connectivity index (χ0) is 16.2. The molecule has 0 aliphatic heterocycles. The number of hydrogen-bond donors (Lipinski definition) is 0. The molecule has 21 heavy (non-hydrogen) atoms. The molecule has 0 aliphatic rings. The van der Waals surface area contributed by atoms with Gasteiger partial charge < -0.3 is 9.47 Å². The van der Waals surface area contributed by atoms with Crippen LogP contribution in [0.2, 0.25) is 0 Å². The number of nitro groups is 1. The van der Waals surface area contributed by atoms with Gasteiger partial charge in [-0.2, -0.15) is 0 Å². The van der Waals surface area contributed by atoms with Crippen molar-refractivity contribution in [1.29, 1.82) is 0 Å². The minimum atomic E-state index is -0.689. The van der Waals surface area contributed by atoms with E-state index in [4.69, 9.17) is 4.74 Å². The fraction of sp³-hybridized carbons (Fsp3) is 0.429. The van der Waals surface area contributed by atoms with Crippen molar-refractivity contribution >= 4 is 17.6 Å². The highest BCUT2D eigenvalue weighted by atomic mass is 16.6. The Morgan fingerprint density at radius 1 is 1.29 bits per heavy atom. The molecule has 0 saturated heterocycles. The molecule has 0 heterocycles. The topological polar surface area (TPSA) is 95.7 Å². The van der Waals surface area contributed by atoms with Gasteiger partial charge in [0.15, 0.2) is 0 Å². The lowest BCUT2D eigenvalue weighted by molar-refractivity contribution is -0.385. The average molecular weight is 295 g/mol. The summed E-state index contributed by atoms with van der Waals surface area (Å²) >= 11 is 0. The molecule has 114 valence electrons. The third-order valence-corrected chi connectivity index (χ3v) is 2.45. The van der Waals surface area contributed by atoms with Crippen molar-refractivity contribution in [2.45, 2.75) is 32.8 Å². The molecular weight excluding hydrogens is 278 g/mol. The maximum Gasteiger partial charge on any atom is 0.337 e. The van der Waals surface area contributed by atoms with Crippen LogP contribution in [0.5, 0.6) is 0 Å². The highest BCUT2D eigenvalue weighted by molar-refractivity contribution is 5.90. The van der Waals surface area contributed by atoms with Crippen LogP contribution < -0.4 is 0 Å². The summed E-state index contributed by atoms with van der Waals surface area (Å²) in [5.41, 5.74) is -0.682. The van der Waals surface area contributed by atoms with E-state index in [0.717, 1.165) is 0 Å². The van der Waals surface area contributed by atoms with Crippen molar-refractivity contribution in [1.82, 2.24) is 0 Å². The summed E-state index contributed by atoms with van der Waals surface area (Å²) in [7, 11) is 1.21. The standard InChI is InChI=1S/C14H17NO6/c1-14(2,3)21-12(16)8-10-7-9(13(17)20-4)5-6-11(10)15(18)19/h5-7H,8H2,1-4H3. The van der Waals surface area contributed by atoms with Gasteiger partial charge in [-0.3, -0.25) is 14.9 Å². The molecule has 0 radical (unpaired) electrons. The predicted octanol–water partition coefficient (Wildman–Crippen LogP) is 2.27. The van der Waals surface area contributed by atoms with E-state index in [-0.39, 0.29) is 23.2 Å². The van der Waals surface area contributed by atoms with Crippen LogP contribution in [0.1, 0.15) is 36.7 Å². The van der Waals surface area contributed by atoms with E-state index in [1.54, 1.807) is 20.8 Å². The molecule has 0 N–H and O–H groups in total. The number of ether oxygens (including phenoxy) is 2. The molecule has 0 aliphatic carbocycles. The second kappa shape index (κ2) is 6.34. The van der Waals surface area contributed by atoms with Crippen molar-refractivity contribution < 1.29 is 24.0 Å². The van der Waals surface area contributed by atoms with Crippen LogP contribution in [-0.4, -0.2) is 29.6 Å². The lowest BCUT2D eigenvalue weighted by Crippen LogP contribution is -2.25. The van der Waals surface area contributed by atoms with E-state index in [0.29, 0.717) is 0 Å². The van der Waals surface area contributed by atoms with E-state index in [2.05, 4.69) is 4.74 Å². The van der Waals surface area contributed by atoms with Gasteiger partial charge >= 0.3 is 11.9 Å². The number of benzene rings is 1. The summed E-state index contributed by atoms with van der Waals surface area (Å²) < 4.78 is 9.68. The normalized spacial score (nSPS) is 10.9. The second-order valence-electron chi connectivity index (χ2n) is 5.36. The molecule has 7 heteroatoms. The minimum absolute atomic E-state index is 0.108. The van der Waals surface area contributed by atoms with Crippen molar-refractivity contribution in [3.05, 3.63) is 39.4 Å². The third-order valence-electron chi connectivity index (χ3n) is 2.45. The highest BCUT2D eigenvalue weighted by Crippen LogP contribution is 2.22. The maximum atomic E-state index is 11.8. The Kier molecular flexibility index (Phi) is 5.02. The Morgan fingerprint density at radius 3 is 2.38 bits per heavy atom. The molecule has 7 nitrogen and oxygen atoms in total. The number of methoxy groups -OCH3 is 1. The lowest BCUT2D eigenvalue weighted by atomic mass is 10.1. The molecule has 0 unspecified atom stereocenters. The highest BCUT2D eigenvalue weighted by Gasteiger charge is 2.22. The molecule has 0 atom stereocenters. The first-order valence-electron chi connectivity index (χ1n) is 6.21. The summed E-state index contributed by atoms with van der Waals surface area (Å²) in [6, 6.07) is 3.72. The number of esters is 2. The smallest absolute Gasteiger partial charge is 0.337 e. The molecule has 0 saturated carbocycles. The van der Waals surface area contributed by atoms with Crippen molar-refractivity contribution in [2.75, 3.05) is 7.11 Å². The molecule has 1 rings (SSSR count). The van der Waals surface area contributed by atoms with Gasteiger partial charge in [-0.1, -0.05) is 0 Å². The number of carbonyl (C=O) groups excluding carboxylic acids is 2. The Morgan fingerprint density at radius 2 is 1.90 bits per heavy atom. The van der Waals surface area contributed by atoms with E-state index in [9.17, 15) is 19.7 Å². The second-order valence-corrected chi connectivity index (χ2v) is 5.36. The summed E-state index contributed by atoms with van der Waals surface area (Å²) in [5.74, 6) is -1.23. The van der Waals surface area contributed by atoms with Gasteiger partial charge in [-0.05, 0) is 32.9 Å². The number of nitro benzene ring substituents is 1. The quantitative estimate of drug-likeness (QED) is 0.480. The predicted molar refractivity (Wildman–Crippen MR) is 74.0 cm³/mol. The van der Waals surface area contributed by atoms with E-state index in [1.807, 2.05) is 0 Å². The lowest BCUT2D eigenvalue weighted by Gasteiger charge is -2.19. The summed E-state index contributed by atoms with van der Waals surface area (Å²) in [6.07, 6.45) is -0.293. The van der Waals surface area contributed by atoms with Gasteiger partial charge in [0, 0.05) is 11.6 Å². The fourth-order valence-electron chi connectivity index (χ4n) is 1.68. The fourth-order valence-corrected chi connectivity index (χ4v) is 1.68. The van der Waals surface area contributed by atoms with Crippen LogP contribution in [0.25, 0.3) is 0 Å². The van der Waals surface area contributed by atoms with Gasteiger partial charge in [0.05, 0.1) is 24.0 Å². The van der Waals surface area contributed by atoms with Crippen molar-refractivity contribution in [3.63, 3.8) is 0 Å². The molecule has 0 aromatic heterocycles. The van der Waals surface area contributed by atoms with Gasteiger partial charge in [0.25, 0.3) is 5.69 Å². The maximum absolute atomic E-state index is 11.8. The summed E-state index contributed by atoms with van der Waals surface area (Å²) in [6.45, 7) is 5.10. The van der Waals surface area contributed by atoms with E-state index in [1.165, 1.54) is 25.3 Å². The van der Waals surface area contributed by atoms with Crippen LogP contribution in [0, 0.1) is 10.1 Å². The van der Waals surface area contributed by atoms with Gasteiger partial charge in [-0.25, -0.2) is 4.79 Å². The van der Waals surface area contributed by atoms with Gasteiger partial charge in [-0.15, -0.1) is 0 Å². The molecule has 0 fully saturated rings. The van der Waals surface area contributed by atoms with Crippen LogP contribution in [-0.2, 0) is 20.7 Å². The largest absolute Gasteiger partial charge is 0.465 e. The first-order valence-corrected chi connectivity index (χ1v) is 6.21. The monoisotopic (exact) mass is 295 g/mol. The zero-order valence-corrected chi connectivity index (χ0v) is 12.3. The molecule has 0 spiro atoms. The molecule has 0 bridgehead atoms. The SMILES string of the molecule is COC(=O)c1ccc([N+](=O)[O-])c(CC(=O)OC(C)(C)C)c1. The number of nitrogens with zero attached hydrogens (tertiary/aromatic N) is 1. The molecule has 0 amide bonds. The van der Waals surface area contributed by atoms with Gasteiger partial charge in [0.2, 0.25) is 0 Å². The van der Waals surface area contributed by atoms with Crippen molar-refractivity contribution in [3.8, 4) is 0 Å². The minimum Gasteiger partial charge on any atom is -0.465 e. The Balaban J connectivity index is 3.09. The third kappa shape index (κ3) is 4.87. The first kappa shape index (κ1) is 16.6. The summed E-state index contributed by atoms with van der Waals surface area (Å²) in [4.78, 5) is 33.6.